The van der Waals surface area contributed by atoms with E-state index >= 15 is 0 Å². The van der Waals surface area contributed by atoms with Gasteiger partial charge in [0.1, 0.15) is 0 Å². The molecule has 0 saturated carbocycles. The Kier molecular flexibility index (Phi) is 7.31. The predicted molar refractivity (Wildman–Crippen MR) is 166 cm³/mol. The molecule has 0 radical (unpaired) electrons. The minimum Gasteiger partial charge on any atom is -0.479 e. The van der Waals surface area contributed by atoms with Crippen LogP contribution in [0.25, 0.3) is 22.0 Å². The van der Waals surface area contributed by atoms with Crippen LogP contribution < -0.4 is 4.90 Å². The van der Waals surface area contributed by atoms with Crippen molar-refractivity contribution in [3.05, 3.63) is 70.7 Å². The van der Waals surface area contributed by atoms with Crippen LogP contribution in [0.3, 0.4) is 0 Å². The second kappa shape index (κ2) is 10.8. The molecule has 1 N–H and O–H groups in total. The summed E-state index contributed by atoms with van der Waals surface area (Å²) in [5.41, 5.74) is 8.21. The fraction of sp³-hybridized carbons (Fsp3) is 0.441. The van der Waals surface area contributed by atoms with Crippen LogP contribution in [-0.4, -0.2) is 55.7 Å². The van der Waals surface area contributed by atoms with E-state index in [0.717, 1.165) is 76.3 Å². The van der Waals surface area contributed by atoms with Crippen molar-refractivity contribution in [1.29, 1.82) is 0 Å². The molecule has 0 amide bonds. The van der Waals surface area contributed by atoms with E-state index < -0.39 is 17.7 Å². The zero-order chi connectivity index (χ0) is 29.8. The number of carboxylic acid groups (broad SMARTS) is 1. The second-order valence-corrected chi connectivity index (χ2v) is 12.8. The third kappa shape index (κ3) is 5.18. The third-order valence-corrected chi connectivity index (χ3v) is 8.48. The summed E-state index contributed by atoms with van der Waals surface area (Å²) in [5.74, 6) is -0.374. The lowest BCUT2D eigenvalue weighted by atomic mass is 9.87. The summed E-state index contributed by atoms with van der Waals surface area (Å²) in [5, 5.41) is 11.6. The maximum Gasteiger partial charge on any atom is 0.337 e. The third-order valence-electron chi connectivity index (χ3n) is 8.48. The highest BCUT2D eigenvalue weighted by Crippen LogP contribution is 2.49. The van der Waals surface area contributed by atoms with Gasteiger partial charge in [0.25, 0.3) is 0 Å². The average molecular weight is 568 g/mol. The molecule has 0 spiro atoms. The van der Waals surface area contributed by atoms with E-state index in [4.69, 9.17) is 14.7 Å². The molecule has 1 atom stereocenters. The first-order chi connectivity index (χ1) is 20.0. The molecule has 220 valence electrons. The highest BCUT2D eigenvalue weighted by molar-refractivity contribution is 6.08. The molecule has 0 unspecified atom stereocenters. The SMILES string of the molecule is Cc1ccc(-c2c([C@H](OC(C)(C)C)C(=O)O)c(C)c3c4c2cc(C)n4CCN3c2ncc(CN3CCCC3)cn2)cc1. The van der Waals surface area contributed by atoms with Crippen LogP contribution in [0.5, 0.6) is 0 Å². The minimum absolute atomic E-state index is 0.632. The summed E-state index contributed by atoms with van der Waals surface area (Å²) in [4.78, 5) is 27.2. The maximum atomic E-state index is 12.9. The molecule has 0 aliphatic carbocycles. The first kappa shape index (κ1) is 28.4. The molecule has 8 heteroatoms. The molecule has 2 aromatic heterocycles. The molecule has 42 heavy (non-hydrogen) atoms. The average Bonchev–Trinajstić information content (AvgIpc) is 3.58. The lowest BCUT2D eigenvalue weighted by Gasteiger charge is -2.35. The van der Waals surface area contributed by atoms with E-state index in [-0.39, 0.29) is 0 Å². The van der Waals surface area contributed by atoms with Crippen molar-refractivity contribution in [2.75, 3.05) is 24.5 Å². The molecule has 0 bridgehead atoms. The first-order valence-electron chi connectivity index (χ1n) is 15.0. The number of benzene rings is 2. The van der Waals surface area contributed by atoms with Crippen molar-refractivity contribution in [3.8, 4) is 11.1 Å². The molecule has 4 heterocycles. The van der Waals surface area contributed by atoms with Crippen LogP contribution >= 0.6 is 0 Å². The van der Waals surface area contributed by atoms with E-state index in [0.29, 0.717) is 18.1 Å². The zero-order valence-electron chi connectivity index (χ0n) is 25.6. The number of carbonyl (C=O) groups is 1. The number of ether oxygens (including phenoxy) is 1. The highest BCUT2D eigenvalue weighted by atomic mass is 16.5. The smallest absolute Gasteiger partial charge is 0.337 e. The number of nitrogens with zero attached hydrogens (tertiary/aromatic N) is 5. The number of hydrogen-bond donors (Lipinski definition) is 1. The molecule has 2 aliphatic rings. The van der Waals surface area contributed by atoms with Gasteiger partial charge in [0.15, 0.2) is 6.10 Å². The Labute approximate surface area is 248 Å². The number of rotatable bonds is 7. The van der Waals surface area contributed by atoms with Crippen LogP contribution in [0.4, 0.5) is 11.6 Å². The maximum absolute atomic E-state index is 12.9. The largest absolute Gasteiger partial charge is 0.479 e. The van der Waals surface area contributed by atoms with Gasteiger partial charge < -0.3 is 19.3 Å². The molecule has 2 aromatic carbocycles. The van der Waals surface area contributed by atoms with Crippen molar-refractivity contribution in [1.82, 2.24) is 19.4 Å². The fourth-order valence-electron chi connectivity index (χ4n) is 6.60. The summed E-state index contributed by atoms with van der Waals surface area (Å²) in [6, 6.07) is 10.5. The molecule has 1 fully saturated rings. The number of aryl methyl sites for hydroxylation is 2. The Bertz CT molecular complexity index is 1630. The minimum atomic E-state index is -1.15. The van der Waals surface area contributed by atoms with Gasteiger partial charge in [-0.3, -0.25) is 4.90 Å². The number of likely N-dealkylation sites (tertiary alicyclic amines) is 1. The molecular weight excluding hydrogens is 526 g/mol. The Balaban J connectivity index is 1.57. The highest BCUT2D eigenvalue weighted by Gasteiger charge is 2.36. The van der Waals surface area contributed by atoms with Crippen molar-refractivity contribution in [3.63, 3.8) is 0 Å². The van der Waals surface area contributed by atoms with Gasteiger partial charge in [-0.05, 0) is 90.2 Å². The number of aliphatic carboxylic acids is 1. The zero-order valence-corrected chi connectivity index (χ0v) is 25.6. The van der Waals surface area contributed by atoms with Crippen molar-refractivity contribution in [2.24, 2.45) is 0 Å². The Hall–Kier alpha value is -3.75. The van der Waals surface area contributed by atoms with Gasteiger partial charge in [-0.1, -0.05) is 29.8 Å². The summed E-state index contributed by atoms with van der Waals surface area (Å²) in [7, 11) is 0. The van der Waals surface area contributed by atoms with Crippen molar-refractivity contribution in [2.45, 2.75) is 79.2 Å². The van der Waals surface area contributed by atoms with E-state index in [9.17, 15) is 9.90 Å². The van der Waals surface area contributed by atoms with Gasteiger partial charge >= 0.3 is 5.97 Å². The van der Waals surface area contributed by atoms with E-state index in [1.54, 1.807) is 0 Å². The Morgan fingerprint density at radius 1 is 1.00 bits per heavy atom. The summed E-state index contributed by atoms with van der Waals surface area (Å²) >= 11 is 0. The predicted octanol–water partition coefficient (Wildman–Crippen LogP) is 6.71. The fourth-order valence-corrected chi connectivity index (χ4v) is 6.60. The van der Waals surface area contributed by atoms with Crippen molar-refractivity contribution >= 4 is 28.5 Å². The Morgan fingerprint density at radius 2 is 1.67 bits per heavy atom. The van der Waals surface area contributed by atoms with Crippen LogP contribution in [0.1, 0.15) is 67.7 Å². The van der Waals surface area contributed by atoms with Crippen molar-refractivity contribution < 1.29 is 14.6 Å². The van der Waals surface area contributed by atoms with Gasteiger partial charge in [-0.2, -0.15) is 0 Å². The van der Waals surface area contributed by atoms with Gasteiger partial charge in [0.2, 0.25) is 5.95 Å². The number of carboxylic acids is 1. The van der Waals surface area contributed by atoms with Gasteiger partial charge in [-0.15, -0.1) is 0 Å². The van der Waals surface area contributed by atoms with E-state index in [2.05, 4.69) is 58.5 Å². The topological polar surface area (TPSA) is 83.7 Å². The summed E-state index contributed by atoms with van der Waals surface area (Å²) < 4.78 is 8.66. The van der Waals surface area contributed by atoms with Gasteiger partial charge in [0, 0.05) is 54.2 Å². The first-order valence-corrected chi connectivity index (χ1v) is 15.0. The molecule has 4 aromatic rings. The second-order valence-electron chi connectivity index (χ2n) is 12.8. The Morgan fingerprint density at radius 3 is 2.29 bits per heavy atom. The standard InChI is InChI=1S/C34H41N5O3/c1-21-9-11-25(12-10-21)28-26-17-22(2)38-15-16-39(33-35-18-24(19-36-33)20-37-13-7-8-14-37)29(30(26)38)23(3)27(28)31(32(40)41)42-34(4,5)6/h9-12,17-19,31H,7-8,13-16,20H2,1-6H3,(H,40,41)/t31-/m0/s1. The number of hydrogen-bond acceptors (Lipinski definition) is 6. The van der Waals surface area contributed by atoms with Crippen LogP contribution in [0, 0.1) is 20.8 Å². The quantitative estimate of drug-likeness (QED) is 0.266. The van der Waals surface area contributed by atoms with Crippen LogP contribution in [0.15, 0.2) is 42.7 Å². The molecule has 6 rings (SSSR count). The number of aromatic nitrogens is 3. The van der Waals surface area contributed by atoms with E-state index in [1.807, 2.05) is 40.1 Å². The molecule has 1 saturated heterocycles. The lowest BCUT2D eigenvalue weighted by molar-refractivity contribution is -0.160. The monoisotopic (exact) mass is 567 g/mol. The number of anilines is 2. The van der Waals surface area contributed by atoms with Crippen LogP contribution in [-0.2, 0) is 22.6 Å². The molecular formula is C34H41N5O3. The van der Waals surface area contributed by atoms with Gasteiger partial charge in [0.05, 0.1) is 16.8 Å². The van der Waals surface area contributed by atoms with Crippen LogP contribution in [0.2, 0.25) is 0 Å². The molecule has 2 aliphatic heterocycles. The van der Waals surface area contributed by atoms with E-state index in [1.165, 1.54) is 12.8 Å². The lowest BCUT2D eigenvalue weighted by Crippen LogP contribution is -2.32. The summed E-state index contributed by atoms with van der Waals surface area (Å²) in [6.45, 7) is 16.5. The molecule has 8 nitrogen and oxygen atoms in total. The normalized spacial score (nSPS) is 16.4. The van der Waals surface area contributed by atoms with Gasteiger partial charge in [-0.25, -0.2) is 14.8 Å². The summed E-state index contributed by atoms with van der Waals surface area (Å²) in [6.07, 6.45) is 5.22.